The molecule has 2 aromatic heterocycles. The molecule has 0 bridgehead atoms. The molecule has 11 heteroatoms. The second-order valence-corrected chi connectivity index (χ2v) is 9.08. The van der Waals surface area contributed by atoms with Crippen LogP contribution in [0, 0.1) is 6.92 Å². The fourth-order valence-electron chi connectivity index (χ4n) is 5.16. The van der Waals surface area contributed by atoms with Crippen molar-refractivity contribution in [2.45, 2.75) is 25.5 Å². The van der Waals surface area contributed by atoms with E-state index in [4.69, 9.17) is 18.9 Å². The van der Waals surface area contributed by atoms with E-state index in [-0.39, 0.29) is 17.1 Å². The smallest absolute Gasteiger partial charge is 0.334 e. The van der Waals surface area contributed by atoms with Crippen LogP contribution in [0.4, 0.5) is 5.69 Å². The number of aryl methyl sites for hydroxylation is 1. The Hall–Kier alpha value is -4.38. The third-order valence-electron chi connectivity index (χ3n) is 6.98. The summed E-state index contributed by atoms with van der Waals surface area (Å²) in [4.78, 5) is 29.3. The molecule has 4 aromatic rings. The maximum atomic E-state index is 13.7. The zero-order valence-electron chi connectivity index (χ0n) is 21.2. The number of anilines is 1. The number of methoxy groups -OCH3 is 4. The zero-order chi connectivity index (χ0) is 26.8. The normalized spacial score (nSPS) is 18.5. The number of phenolic OH excluding ortho intramolecular Hbond substituents is 1. The van der Waals surface area contributed by atoms with Gasteiger partial charge in [0, 0.05) is 28.6 Å². The number of H-pyrrole nitrogens is 1. The standard InChI is InChI=1S/C26H27N3O8/c1-11-10-29(14-9-15(30)20-18(17(11)14)23(31)26(2,28-20)25(33)37-6)24(32)13-7-12-8-16(34-3)21(35-4)22(36-5)19(12)27-13/h7-10,23,27-28,30-31H,1-6H3/t23-,26-/m1/s1. The van der Waals surface area contributed by atoms with Gasteiger partial charge in [-0.15, -0.1) is 0 Å². The van der Waals surface area contributed by atoms with Gasteiger partial charge in [-0.2, -0.15) is 0 Å². The first-order valence-corrected chi connectivity index (χ1v) is 11.4. The summed E-state index contributed by atoms with van der Waals surface area (Å²) in [5, 5.41) is 26.1. The first kappa shape index (κ1) is 24.3. The molecule has 0 fully saturated rings. The second-order valence-electron chi connectivity index (χ2n) is 9.08. The van der Waals surface area contributed by atoms with Crippen LogP contribution in [0.25, 0.3) is 21.8 Å². The Morgan fingerprint density at radius 3 is 2.38 bits per heavy atom. The van der Waals surface area contributed by atoms with E-state index in [1.54, 1.807) is 25.3 Å². The minimum atomic E-state index is -1.51. The second kappa shape index (κ2) is 8.34. The van der Waals surface area contributed by atoms with Gasteiger partial charge in [0.15, 0.2) is 17.0 Å². The number of carbonyl (C=O) groups excluding carboxylic acids is 2. The van der Waals surface area contributed by atoms with Crippen molar-refractivity contribution in [2.24, 2.45) is 0 Å². The Kier molecular flexibility index (Phi) is 5.48. The summed E-state index contributed by atoms with van der Waals surface area (Å²) in [6.45, 7) is 3.28. The summed E-state index contributed by atoms with van der Waals surface area (Å²) in [5.74, 6) is -0.0936. The van der Waals surface area contributed by atoms with E-state index < -0.39 is 23.5 Å². The lowest BCUT2D eigenvalue weighted by atomic mass is 9.91. The van der Waals surface area contributed by atoms with E-state index in [9.17, 15) is 19.8 Å². The van der Waals surface area contributed by atoms with Gasteiger partial charge in [-0.25, -0.2) is 4.79 Å². The van der Waals surface area contributed by atoms with Gasteiger partial charge in [0.2, 0.25) is 5.75 Å². The first-order valence-electron chi connectivity index (χ1n) is 11.4. The molecule has 0 unspecified atom stereocenters. The molecule has 194 valence electrons. The number of hydrogen-bond donors (Lipinski definition) is 4. The van der Waals surface area contributed by atoms with Gasteiger partial charge >= 0.3 is 5.97 Å². The Balaban J connectivity index is 1.68. The topological polar surface area (TPSA) is 144 Å². The molecule has 37 heavy (non-hydrogen) atoms. The van der Waals surface area contributed by atoms with Gasteiger partial charge in [0.25, 0.3) is 5.91 Å². The number of esters is 1. The van der Waals surface area contributed by atoms with E-state index >= 15 is 0 Å². The van der Waals surface area contributed by atoms with E-state index in [0.29, 0.717) is 50.2 Å². The molecule has 0 amide bonds. The number of phenols is 1. The van der Waals surface area contributed by atoms with Crippen LogP contribution in [-0.4, -0.2) is 65.6 Å². The van der Waals surface area contributed by atoms with Crippen molar-refractivity contribution in [1.82, 2.24) is 9.55 Å². The molecule has 11 nitrogen and oxygen atoms in total. The van der Waals surface area contributed by atoms with E-state index in [2.05, 4.69) is 10.3 Å². The highest BCUT2D eigenvalue weighted by Gasteiger charge is 2.50. The monoisotopic (exact) mass is 509 g/mol. The highest BCUT2D eigenvalue weighted by Crippen LogP contribution is 2.50. The molecule has 2 aromatic carbocycles. The molecule has 0 aliphatic carbocycles. The Morgan fingerprint density at radius 2 is 1.76 bits per heavy atom. The van der Waals surface area contributed by atoms with Gasteiger partial charge < -0.3 is 39.5 Å². The third-order valence-corrected chi connectivity index (χ3v) is 6.98. The molecule has 0 saturated heterocycles. The number of aromatic hydroxyl groups is 1. The number of aromatic nitrogens is 2. The number of carbonyl (C=O) groups is 2. The molecule has 2 atom stereocenters. The lowest BCUT2D eigenvalue weighted by Gasteiger charge is -2.25. The van der Waals surface area contributed by atoms with Crippen molar-refractivity contribution in [2.75, 3.05) is 33.8 Å². The molecule has 3 heterocycles. The van der Waals surface area contributed by atoms with E-state index in [0.717, 1.165) is 0 Å². The quantitative estimate of drug-likeness (QED) is 0.235. The van der Waals surface area contributed by atoms with Gasteiger partial charge in [-0.3, -0.25) is 9.36 Å². The largest absolute Gasteiger partial charge is 0.506 e. The Labute approximate surface area is 211 Å². The average Bonchev–Trinajstić information content (AvgIpc) is 3.54. The number of hydrogen-bond acceptors (Lipinski definition) is 9. The highest BCUT2D eigenvalue weighted by atomic mass is 16.5. The molecule has 0 spiro atoms. The van der Waals surface area contributed by atoms with Crippen LogP contribution < -0.4 is 19.5 Å². The molecule has 1 aliphatic rings. The van der Waals surface area contributed by atoms with E-state index in [1.807, 2.05) is 0 Å². The van der Waals surface area contributed by atoms with Crippen LogP contribution in [-0.2, 0) is 9.53 Å². The molecule has 4 N–H and O–H groups in total. The first-order chi connectivity index (χ1) is 17.6. The number of benzene rings is 2. The molecular weight excluding hydrogens is 482 g/mol. The Bertz CT molecular complexity index is 1600. The van der Waals surface area contributed by atoms with Crippen LogP contribution in [0.2, 0.25) is 0 Å². The lowest BCUT2D eigenvalue weighted by molar-refractivity contribution is -0.149. The summed E-state index contributed by atoms with van der Waals surface area (Å²) in [6, 6.07) is 4.83. The minimum absolute atomic E-state index is 0.214. The summed E-state index contributed by atoms with van der Waals surface area (Å²) in [5.41, 5.74) is 0.872. The number of ether oxygens (including phenoxy) is 4. The van der Waals surface area contributed by atoms with Crippen LogP contribution in [0.1, 0.15) is 34.6 Å². The molecule has 0 saturated carbocycles. The van der Waals surface area contributed by atoms with Crippen LogP contribution in [0.5, 0.6) is 23.0 Å². The van der Waals surface area contributed by atoms with Crippen LogP contribution in [0.15, 0.2) is 24.4 Å². The minimum Gasteiger partial charge on any atom is -0.506 e. The van der Waals surface area contributed by atoms with Crippen molar-refractivity contribution in [3.05, 3.63) is 41.2 Å². The number of nitrogens with zero attached hydrogens (tertiary/aromatic N) is 1. The van der Waals surface area contributed by atoms with Crippen molar-refractivity contribution in [3.8, 4) is 23.0 Å². The molecular formula is C26H27N3O8. The summed E-state index contributed by atoms with van der Waals surface area (Å²) < 4.78 is 22.6. The van der Waals surface area contributed by atoms with Gasteiger partial charge in [0.1, 0.15) is 17.5 Å². The number of rotatable bonds is 5. The van der Waals surface area contributed by atoms with Crippen molar-refractivity contribution < 1.29 is 38.7 Å². The predicted molar refractivity (Wildman–Crippen MR) is 135 cm³/mol. The predicted octanol–water partition coefficient (Wildman–Crippen LogP) is 3.24. The van der Waals surface area contributed by atoms with Crippen molar-refractivity contribution >= 4 is 39.4 Å². The fraction of sp³-hybridized carbons (Fsp3) is 0.308. The fourth-order valence-corrected chi connectivity index (χ4v) is 5.16. The summed E-state index contributed by atoms with van der Waals surface area (Å²) in [7, 11) is 5.72. The third kappa shape index (κ3) is 3.23. The number of fused-ring (bicyclic) bond motifs is 4. The van der Waals surface area contributed by atoms with Gasteiger partial charge in [-0.05, 0) is 31.5 Å². The maximum Gasteiger partial charge on any atom is 0.334 e. The SMILES string of the molecule is COC(=O)[C@]1(C)Nc2c(O)cc3c(c(C)cn3C(=O)c3cc4cc(OC)c(OC)c(OC)c4[nH]3)c2[C@H]1O. The lowest BCUT2D eigenvalue weighted by Crippen LogP contribution is -2.45. The Morgan fingerprint density at radius 1 is 1.05 bits per heavy atom. The zero-order valence-corrected chi connectivity index (χ0v) is 21.2. The van der Waals surface area contributed by atoms with Crippen LogP contribution in [0.3, 0.4) is 0 Å². The van der Waals surface area contributed by atoms with Crippen LogP contribution >= 0.6 is 0 Å². The molecule has 0 radical (unpaired) electrons. The summed E-state index contributed by atoms with van der Waals surface area (Å²) >= 11 is 0. The number of aromatic amines is 1. The summed E-state index contributed by atoms with van der Waals surface area (Å²) in [6.07, 6.45) is 0.295. The number of aliphatic hydroxyl groups excluding tert-OH is 1. The van der Waals surface area contributed by atoms with Crippen molar-refractivity contribution in [3.63, 3.8) is 0 Å². The molecule has 5 rings (SSSR count). The van der Waals surface area contributed by atoms with E-state index in [1.165, 1.54) is 46.0 Å². The molecule has 1 aliphatic heterocycles. The van der Waals surface area contributed by atoms with Crippen molar-refractivity contribution in [1.29, 1.82) is 0 Å². The van der Waals surface area contributed by atoms with Gasteiger partial charge in [-0.1, -0.05) is 0 Å². The maximum absolute atomic E-state index is 13.7. The number of nitrogens with one attached hydrogen (secondary N) is 2. The van der Waals surface area contributed by atoms with Gasteiger partial charge in [0.05, 0.1) is 45.2 Å². The highest BCUT2D eigenvalue weighted by molar-refractivity contribution is 6.08. The average molecular weight is 510 g/mol. The number of aliphatic hydroxyl groups is 1.